The maximum atomic E-state index is 12.1. The zero-order valence-corrected chi connectivity index (χ0v) is 16.8. The van der Waals surface area contributed by atoms with Gasteiger partial charge in [0.15, 0.2) is 5.78 Å². The Balaban J connectivity index is 1.98. The van der Waals surface area contributed by atoms with E-state index in [2.05, 4.69) is 5.32 Å². The minimum Gasteiger partial charge on any atom is -0.497 e. The molecule has 0 spiro atoms. The summed E-state index contributed by atoms with van der Waals surface area (Å²) in [4.78, 5) is 36.1. The molecule has 0 atom stereocenters. The summed E-state index contributed by atoms with van der Waals surface area (Å²) in [5.74, 6) is -0.410. The molecule has 0 aliphatic carbocycles. The van der Waals surface area contributed by atoms with Crippen molar-refractivity contribution in [2.75, 3.05) is 13.7 Å². The van der Waals surface area contributed by atoms with Gasteiger partial charge in [0, 0.05) is 11.1 Å². The number of hydrogen-bond acceptors (Lipinski definition) is 5. The summed E-state index contributed by atoms with van der Waals surface area (Å²) >= 11 is 0. The Bertz CT molecular complexity index is 917. The van der Waals surface area contributed by atoms with Gasteiger partial charge in [0.1, 0.15) is 18.9 Å². The lowest BCUT2D eigenvalue weighted by Gasteiger charge is -2.16. The van der Waals surface area contributed by atoms with E-state index in [9.17, 15) is 14.4 Å². The zero-order valence-electron chi connectivity index (χ0n) is 16.8. The van der Waals surface area contributed by atoms with Crippen molar-refractivity contribution in [2.24, 2.45) is 0 Å². The van der Waals surface area contributed by atoms with Crippen molar-refractivity contribution >= 4 is 17.7 Å². The van der Waals surface area contributed by atoms with Gasteiger partial charge in [0.2, 0.25) is 0 Å². The lowest BCUT2D eigenvalue weighted by atomic mass is 9.92. The Kier molecular flexibility index (Phi) is 6.93. The smallest absolute Gasteiger partial charge is 0.325 e. The first-order valence-corrected chi connectivity index (χ1v) is 8.93. The number of nitrogens with one attached hydrogen (secondary N) is 1. The molecular formula is C22H25NO5. The lowest BCUT2D eigenvalue weighted by molar-refractivity contribution is -0.143. The normalized spacial score (nSPS) is 10.3. The van der Waals surface area contributed by atoms with Crippen molar-refractivity contribution < 1.29 is 23.9 Å². The average Bonchev–Trinajstić information content (AvgIpc) is 2.65. The molecule has 0 aromatic heterocycles. The molecule has 0 unspecified atom stereocenters. The van der Waals surface area contributed by atoms with Crippen LogP contribution in [0.5, 0.6) is 5.75 Å². The molecule has 6 heteroatoms. The van der Waals surface area contributed by atoms with Crippen LogP contribution in [0.25, 0.3) is 0 Å². The van der Waals surface area contributed by atoms with Crippen LogP contribution < -0.4 is 10.1 Å². The largest absolute Gasteiger partial charge is 0.497 e. The molecule has 0 saturated carbocycles. The van der Waals surface area contributed by atoms with Crippen molar-refractivity contribution in [3.05, 3.63) is 63.7 Å². The van der Waals surface area contributed by atoms with E-state index in [0.29, 0.717) is 16.9 Å². The molecule has 0 radical (unpaired) electrons. The molecule has 6 nitrogen and oxygen atoms in total. The predicted molar refractivity (Wildman–Crippen MR) is 106 cm³/mol. The Morgan fingerprint density at radius 2 is 1.75 bits per heavy atom. The van der Waals surface area contributed by atoms with Crippen molar-refractivity contribution in [1.29, 1.82) is 0 Å². The van der Waals surface area contributed by atoms with Gasteiger partial charge < -0.3 is 14.8 Å². The first-order valence-electron chi connectivity index (χ1n) is 8.93. The number of hydrogen-bond donors (Lipinski definition) is 1. The zero-order chi connectivity index (χ0) is 20.8. The van der Waals surface area contributed by atoms with E-state index in [4.69, 9.17) is 9.47 Å². The number of esters is 1. The van der Waals surface area contributed by atoms with Gasteiger partial charge in [0.05, 0.1) is 7.11 Å². The number of rotatable bonds is 7. The van der Waals surface area contributed by atoms with Gasteiger partial charge in [-0.25, -0.2) is 0 Å². The first-order chi connectivity index (χ1) is 13.2. The minimum absolute atomic E-state index is 0.0203. The molecule has 0 bridgehead atoms. The molecule has 0 fully saturated rings. The van der Waals surface area contributed by atoms with Gasteiger partial charge in [-0.15, -0.1) is 0 Å². The van der Waals surface area contributed by atoms with Crippen LogP contribution in [-0.4, -0.2) is 31.3 Å². The third-order valence-electron chi connectivity index (χ3n) is 4.59. The van der Waals surface area contributed by atoms with Gasteiger partial charge in [-0.2, -0.15) is 0 Å². The standard InChI is InChI=1S/C22H25NO5/c1-13-9-14(2)21(16(4)24)15(3)19(13)12-28-20(25)11-23-22(26)17-7-6-8-18(10-17)27-5/h6-10H,11-12H2,1-5H3,(H,23,26). The molecule has 0 saturated heterocycles. The molecule has 2 aromatic rings. The van der Waals surface area contributed by atoms with Crippen molar-refractivity contribution in [3.63, 3.8) is 0 Å². The van der Waals surface area contributed by atoms with E-state index in [-0.39, 0.29) is 18.9 Å². The summed E-state index contributed by atoms with van der Waals surface area (Å²) in [6, 6.07) is 8.56. The number of carbonyl (C=O) groups excluding carboxylic acids is 3. The molecule has 1 N–H and O–H groups in total. The van der Waals surface area contributed by atoms with E-state index in [0.717, 1.165) is 22.3 Å². The number of carbonyl (C=O) groups is 3. The molecule has 1 amide bonds. The fourth-order valence-electron chi connectivity index (χ4n) is 3.21. The summed E-state index contributed by atoms with van der Waals surface area (Å²) in [6.45, 7) is 6.98. The van der Waals surface area contributed by atoms with E-state index in [1.54, 1.807) is 24.3 Å². The maximum Gasteiger partial charge on any atom is 0.325 e. The highest BCUT2D eigenvalue weighted by Crippen LogP contribution is 2.23. The highest BCUT2D eigenvalue weighted by atomic mass is 16.5. The highest BCUT2D eigenvalue weighted by Gasteiger charge is 2.16. The molecule has 28 heavy (non-hydrogen) atoms. The van der Waals surface area contributed by atoms with Crippen LogP contribution in [0.1, 0.15) is 49.9 Å². The van der Waals surface area contributed by atoms with Gasteiger partial charge in [-0.1, -0.05) is 12.1 Å². The predicted octanol–water partition coefficient (Wildman–Crippen LogP) is 3.30. The summed E-state index contributed by atoms with van der Waals surface area (Å²) in [5.41, 5.74) is 4.53. The Labute approximate surface area is 164 Å². The van der Waals surface area contributed by atoms with E-state index >= 15 is 0 Å². The van der Waals surface area contributed by atoms with Crippen LogP contribution in [0.3, 0.4) is 0 Å². The lowest BCUT2D eigenvalue weighted by Crippen LogP contribution is -2.30. The van der Waals surface area contributed by atoms with Crippen molar-refractivity contribution in [2.45, 2.75) is 34.3 Å². The third kappa shape index (κ3) is 4.97. The quantitative estimate of drug-likeness (QED) is 0.586. The van der Waals surface area contributed by atoms with Crippen molar-refractivity contribution in [1.82, 2.24) is 5.32 Å². The maximum absolute atomic E-state index is 12.1. The molecule has 2 rings (SSSR count). The van der Waals surface area contributed by atoms with Crippen LogP contribution in [0, 0.1) is 20.8 Å². The summed E-state index contributed by atoms with van der Waals surface area (Å²) < 4.78 is 10.4. The number of benzene rings is 2. The van der Waals surface area contributed by atoms with Gasteiger partial charge in [-0.3, -0.25) is 14.4 Å². The second kappa shape index (κ2) is 9.17. The number of ketones is 1. The molecule has 2 aromatic carbocycles. The fraction of sp³-hybridized carbons (Fsp3) is 0.318. The molecule has 0 aliphatic rings. The van der Waals surface area contributed by atoms with Crippen molar-refractivity contribution in [3.8, 4) is 5.75 Å². The average molecular weight is 383 g/mol. The number of ether oxygens (including phenoxy) is 2. The van der Waals surface area contributed by atoms with Crippen LogP contribution in [0.4, 0.5) is 0 Å². The topological polar surface area (TPSA) is 81.7 Å². The molecule has 0 aliphatic heterocycles. The second-order valence-electron chi connectivity index (χ2n) is 6.62. The number of aryl methyl sites for hydroxylation is 2. The van der Waals surface area contributed by atoms with Gasteiger partial charge in [-0.05, 0) is 68.1 Å². The number of methoxy groups -OCH3 is 1. The number of amides is 1. The van der Waals surface area contributed by atoms with E-state index in [1.807, 2.05) is 26.8 Å². The van der Waals surface area contributed by atoms with Gasteiger partial charge in [0.25, 0.3) is 5.91 Å². The van der Waals surface area contributed by atoms with Crippen LogP contribution in [0.15, 0.2) is 30.3 Å². The second-order valence-corrected chi connectivity index (χ2v) is 6.62. The number of Topliss-reactive ketones (excluding diaryl/α,β-unsaturated/α-hetero) is 1. The molecule has 148 valence electrons. The van der Waals surface area contributed by atoms with E-state index in [1.165, 1.54) is 14.0 Å². The first kappa shape index (κ1) is 21.2. The Morgan fingerprint density at radius 3 is 2.39 bits per heavy atom. The Morgan fingerprint density at radius 1 is 1.04 bits per heavy atom. The monoisotopic (exact) mass is 383 g/mol. The SMILES string of the molecule is COc1cccc(C(=O)NCC(=O)OCc2c(C)cc(C)c(C(C)=O)c2C)c1. The van der Waals surface area contributed by atoms with Crippen LogP contribution in [0.2, 0.25) is 0 Å². The van der Waals surface area contributed by atoms with Crippen LogP contribution >= 0.6 is 0 Å². The fourth-order valence-corrected chi connectivity index (χ4v) is 3.21. The van der Waals surface area contributed by atoms with E-state index < -0.39 is 11.9 Å². The summed E-state index contributed by atoms with van der Waals surface area (Å²) in [7, 11) is 1.51. The van der Waals surface area contributed by atoms with Gasteiger partial charge >= 0.3 is 5.97 Å². The highest BCUT2D eigenvalue weighted by molar-refractivity contribution is 5.97. The molecular weight excluding hydrogens is 358 g/mol. The minimum atomic E-state index is -0.556. The summed E-state index contributed by atoms with van der Waals surface area (Å²) in [5, 5.41) is 2.53. The van der Waals surface area contributed by atoms with Crippen LogP contribution in [-0.2, 0) is 16.1 Å². The molecule has 0 heterocycles. The Hall–Kier alpha value is -3.15. The summed E-state index contributed by atoms with van der Waals surface area (Å²) in [6.07, 6.45) is 0. The third-order valence-corrected chi connectivity index (χ3v) is 4.59.